The maximum Gasteiger partial charge on any atom is 0.338 e. The number of benzene rings is 2. The molecule has 0 saturated heterocycles. The number of nitrogens with zero attached hydrogens (tertiary/aromatic N) is 2. The molecule has 0 spiro atoms. The smallest absolute Gasteiger partial charge is 0.338 e. The fourth-order valence-corrected chi connectivity index (χ4v) is 4.82. The molecular formula is C22H19N3O3S. The number of hydrogen-bond acceptors (Lipinski definition) is 7. The van der Waals surface area contributed by atoms with Crippen LogP contribution in [0.1, 0.15) is 18.4 Å². The van der Waals surface area contributed by atoms with E-state index >= 15 is 0 Å². The lowest BCUT2D eigenvalue weighted by Gasteiger charge is -2.33. The van der Waals surface area contributed by atoms with Crippen LogP contribution in [0.5, 0.6) is 5.75 Å². The Balaban J connectivity index is 1.97. The van der Waals surface area contributed by atoms with Crippen LogP contribution in [-0.2, 0) is 9.53 Å². The zero-order chi connectivity index (χ0) is 20.5. The zero-order valence-corrected chi connectivity index (χ0v) is 16.8. The molecule has 146 valence electrons. The minimum Gasteiger partial charge on any atom is -0.497 e. The van der Waals surface area contributed by atoms with Crippen molar-refractivity contribution in [1.82, 2.24) is 0 Å². The number of carbonyl (C=O) groups is 1. The molecule has 7 heteroatoms. The van der Waals surface area contributed by atoms with Gasteiger partial charge in [0.1, 0.15) is 16.6 Å². The van der Waals surface area contributed by atoms with Crippen molar-refractivity contribution in [3.8, 4) is 11.8 Å². The van der Waals surface area contributed by atoms with Gasteiger partial charge < -0.3 is 15.2 Å². The molecule has 2 aliphatic rings. The summed E-state index contributed by atoms with van der Waals surface area (Å²) in [7, 11) is 1.57. The lowest BCUT2D eigenvalue weighted by atomic mass is 9.83. The molecule has 0 bridgehead atoms. The van der Waals surface area contributed by atoms with Gasteiger partial charge in [-0.25, -0.2) is 4.79 Å². The summed E-state index contributed by atoms with van der Waals surface area (Å²) in [4.78, 5) is 15.7. The number of fused-ring (bicyclic) bond motifs is 3. The predicted octanol–water partition coefficient (Wildman–Crippen LogP) is 3.87. The number of methoxy groups -OCH3 is 1. The zero-order valence-electron chi connectivity index (χ0n) is 16.0. The van der Waals surface area contributed by atoms with Crippen molar-refractivity contribution in [3.05, 3.63) is 76.1 Å². The van der Waals surface area contributed by atoms with E-state index in [2.05, 4.69) is 6.07 Å². The first-order valence-corrected chi connectivity index (χ1v) is 9.94. The third-order valence-corrected chi connectivity index (χ3v) is 6.04. The van der Waals surface area contributed by atoms with Crippen molar-refractivity contribution in [3.63, 3.8) is 0 Å². The SMILES string of the molecule is CCOC(=O)C1=C(N)N2C(=C(C#N)C1c1cccc(OC)c1)Sc1ccccc12. The van der Waals surface area contributed by atoms with Crippen molar-refractivity contribution < 1.29 is 14.3 Å². The van der Waals surface area contributed by atoms with Crippen molar-refractivity contribution >= 4 is 23.4 Å². The summed E-state index contributed by atoms with van der Waals surface area (Å²) >= 11 is 1.48. The Morgan fingerprint density at radius 2 is 2.07 bits per heavy atom. The summed E-state index contributed by atoms with van der Waals surface area (Å²) in [6, 6.07) is 17.4. The number of para-hydroxylation sites is 1. The number of ether oxygens (including phenoxy) is 2. The minimum absolute atomic E-state index is 0.213. The Morgan fingerprint density at radius 1 is 1.28 bits per heavy atom. The Kier molecular flexibility index (Phi) is 4.95. The topological polar surface area (TPSA) is 88.6 Å². The van der Waals surface area contributed by atoms with Gasteiger partial charge >= 0.3 is 5.97 Å². The highest BCUT2D eigenvalue weighted by Gasteiger charge is 2.43. The summed E-state index contributed by atoms with van der Waals surface area (Å²) in [5, 5.41) is 10.8. The molecule has 2 N–H and O–H groups in total. The van der Waals surface area contributed by atoms with Gasteiger partial charge in [0.05, 0.1) is 42.5 Å². The van der Waals surface area contributed by atoms with Gasteiger partial charge in [-0.2, -0.15) is 5.26 Å². The average molecular weight is 405 g/mol. The van der Waals surface area contributed by atoms with E-state index in [1.807, 2.05) is 48.5 Å². The molecular weight excluding hydrogens is 386 g/mol. The van der Waals surface area contributed by atoms with Gasteiger partial charge in [0.15, 0.2) is 0 Å². The molecule has 2 aromatic rings. The van der Waals surface area contributed by atoms with E-state index in [1.165, 1.54) is 11.8 Å². The lowest BCUT2D eigenvalue weighted by molar-refractivity contribution is -0.138. The van der Waals surface area contributed by atoms with E-state index in [-0.39, 0.29) is 18.0 Å². The van der Waals surface area contributed by atoms with Crippen LogP contribution in [0.3, 0.4) is 0 Å². The first-order chi connectivity index (χ1) is 14.1. The fourth-order valence-electron chi connectivity index (χ4n) is 3.64. The largest absolute Gasteiger partial charge is 0.497 e. The standard InChI is InChI=1S/C22H19N3O3S/c1-3-28-22(26)19-18(13-7-6-8-14(11-13)27-2)15(12-23)21-25(20(19)24)16-9-4-5-10-17(16)29-21/h4-11,18H,3,24H2,1-2H3. The second-order valence-corrected chi connectivity index (χ2v) is 7.50. The second-order valence-electron chi connectivity index (χ2n) is 6.46. The highest BCUT2D eigenvalue weighted by atomic mass is 32.2. The van der Waals surface area contributed by atoms with Crippen LogP contribution in [0, 0.1) is 11.3 Å². The maximum absolute atomic E-state index is 13.0. The molecule has 0 saturated carbocycles. The molecule has 2 aromatic carbocycles. The monoisotopic (exact) mass is 405 g/mol. The van der Waals surface area contributed by atoms with Gasteiger partial charge in [0, 0.05) is 4.90 Å². The van der Waals surface area contributed by atoms with E-state index in [4.69, 9.17) is 15.2 Å². The van der Waals surface area contributed by atoms with Crippen LogP contribution in [0.15, 0.2) is 75.4 Å². The van der Waals surface area contributed by atoms with Crippen LogP contribution in [-0.4, -0.2) is 19.7 Å². The molecule has 29 heavy (non-hydrogen) atoms. The molecule has 6 nitrogen and oxygen atoms in total. The lowest BCUT2D eigenvalue weighted by Crippen LogP contribution is -2.35. The summed E-state index contributed by atoms with van der Waals surface area (Å²) in [6.07, 6.45) is 0. The molecule has 4 rings (SSSR count). The first kappa shape index (κ1) is 19.0. The summed E-state index contributed by atoms with van der Waals surface area (Å²) in [6.45, 7) is 1.95. The number of nitrogens with two attached hydrogens (primary N) is 1. The van der Waals surface area contributed by atoms with Gasteiger partial charge in [-0.05, 0) is 36.8 Å². The van der Waals surface area contributed by atoms with Gasteiger partial charge in [0.25, 0.3) is 0 Å². The number of thioether (sulfide) groups is 1. The summed E-state index contributed by atoms with van der Waals surface area (Å²) in [5.74, 6) is -0.250. The van der Waals surface area contributed by atoms with E-state index < -0.39 is 11.9 Å². The Labute approximate surface area is 173 Å². The van der Waals surface area contributed by atoms with Crippen LogP contribution in [0.2, 0.25) is 0 Å². The Bertz CT molecular complexity index is 1100. The number of hydrogen-bond donors (Lipinski definition) is 1. The number of rotatable bonds is 4. The predicted molar refractivity (Wildman–Crippen MR) is 111 cm³/mol. The van der Waals surface area contributed by atoms with Gasteiger partial charge in [-0.1, -0.05) is 36.0 Å². The molecule has 2 heterocycles. The van der Waals surface area contributed by atoms with Crippen LogP contribution in [0.4, 0.5) is 5.69 Å². The molecule has 0 fully saturated rings. The molecule has 0 aliphatic carbocycles. The summed E-state index contributed by atoms with van der Waals surface area (Å²) in [5.41, 5.74) is 8.86. The van der Waals surface area contributed by atoms with Gasteiger partial charge in [0.2, 0.25) is 0 Å². The Hall–Kier alpha value is -3.37. The summed E-state index contributed by atoms with van der Waals surface area (Å²) < 4.78 is 10.7. The van der Waals surface area contributed by atoms with E-state index in [0.717, 1.165) is 16.1 Å². The van der Waals surface area contributed by atoms with Crippen molar-refractivity contribution in [2.24, 2.45) is 5.73 Å². The molecule has 0 aromatic heterocycles. The van der Waals surface area contributed by atoms with Gasteiger partial charge in [-0.15, -0.1) is 0 Å². The van der Waals surface area contributed by atoms with Crippen LogP contribution in [0.25, 0.3) is 0 Å². The van der Waals surface area contributed by atoms with E-state index in [1.54, 1.807) is 18.9 Å². The second kappa shape index (κ2) is 7.57. The molecule has 0 amide bonds. The average Bonchev–Trinajstić information content (AvgIpc) is 3.13. The third kappa shape index (κ3) is 3.02. The number of allylic oxidation sites excluding steroid dienone is 1. The van der Waals surface area contributed by atoms with Crippen LogP contribution >= 0.6 is 11.8 Å². The minimum atomic E-state index is -0.637. The number of nitriles is 1. The quantitative estimate of drug-likeness (QED) is 0.772. The number of carbonyl (C=O) groups excluding carboxylic acids is 1. The Morgan fingerprint density at radius 3 is 2.79 bits per heavy atom. The molecule has 2 aliphatic heterocycles. The van der Waals surface area contributed by atoms with E-state index in [9.17, 15) is 10.1 Å². The highest BCUT2D eigenvalue weighted by Crippen LogP contribution is 2.54. The third-order valence-electron chi connectivity index (χ3n) is 4.88. The first-order valence-electron chi connectivity index (χ1n) is 9.12. The van der Waals surface area contributed by atoms with Crippen molar-refractivity contribution in [2.75, 3.05) is 18.6 Å². The molecule has 1 unspecified atom stereocenters. The van der Waals surface area contributed by atoms with E-state index in [0.29, 0.717) is 16.4 Å². The van der Waals surface area contributed by atoms with Crippen LogP contribution < -0.4 is 15.4 Å². The number of esters is 1. The van der Waals surface area contributed by atoms with Gasteiger partial charge in [-0.3, -0.25) is 4.90 Å². The van der Waals surface area contributed by atoms with Crippen molar-refractivity contribution in [2.45, 2.75) is 17.7 Å². The van der Waals surface area contributed by atoms with Crippen molar-refractivity contribution in [1.29, 1.82) is 5.26 Å². The molecule has 1 atom stereocenters. The molecule has 0 radical (unpaired) electrons. The fraction of sp³-hybridized carbons (Fsp3) is 0.182. The normalized spacial score (nSPS) is 17.6. The number of anilines is 1. The maximum atomic E-state index is 13.0. The highest BCUT2D eigenvalue weighted by molar-refractivity contribution is 8.03.